The van der Waals surface area contributed by atoms with E-state index in [0.717, 1.165) is 48.8 Å². The summed E-state index contributed by atoms with van der Waals surface area (Å²) in [4.78, 5) is 13.5. The topological polar surface area (TPSA) is 133 Å². The molecule has 3 heterocycles. The lowest BCUT2D eigenvalue weighted by Crippen LogP contribution is -2.47. The van der Waals surface area contributed by atoms with Crippen LogP contribution < -0.4 is 25.4 Å². The molecule has 0 amide bonds. The van der Waals surface area contributed by atoms with Crippen LogP contribution in [0.15, 0.2) is 59.9 Å². The van der Waals surface area contributed by atoms with E-state index in [4.69, 9.17) is 15.2 Å². The summed E-state index contributed by atoms with van der Waals surface area (Å²) < 4.78 is 11.6. The maximum atomic E-state index is 9.88. The second kappa shape index (κ2) is 11.0. The molecule has 4 N–H and O–H groups in total. The molecule has 1 aromatic heterocycles. The van der Waals surface area contributed by atoms with E-state index in [0.29, 0.717) is 41.1 Å². The van der Waals surface area contributed by atoms with E-state index >= 15 is 0 Å². The third-order valence-corrected chi connectivity index (χ3v) is 6.87. The Balaban J connectivity index is 1.40. The summed E-state index contributed by atoms with van der Waals surface area (Å²) >= 11 is 0. The molecule has 2 aromatic carbocycles. The Labute approximate surface area is 221 Å². The smallest absolute Gasteiger partial charge is 0.224 e. The van der Waals surface area contributed by atoms with Gasteiger partial charge in [0.2, 0.25) is 5.88 Å². The summed E-state index contributed by atoms with van der Waals surface area (Å²) in [6, 6.07) is 17.5. The van der Waals surface area contributed by atoms with Crippen molar-refractivity contribution in [3.63, 3.8) is 0 Å². The Hall–Kier alpha value is -4.33. The summed E-state index contributed by atoms with van der Waals surface area (Å²) in [5.41, 5.74) is 9.33. The van der Waals surface area contributed by atoms with E-state index in [1.807, 2.05) is 55.5 Å². The van der Waals surface area contributed by atoms with Crippen LogP contribution in [0, 0.1) is 18.3 Å². The first-order valence-electron chi connectivity index (χ1n) is 12.6. The van der Waals surface area contributed by atoms with E-state index in [-0.39, 0.29) is 12.5 Å². The van der Waals surface area contributed by atoms with Crippen LogP contribution >= 0.6 is 0 Å². The van der Waals surface area contributed by atoms with Gasteiger partial charge in [-0.05, 0) is 36.2 Å². The monoisotopic (exact) mass is 513 g/mol. The fourth-order valence-electron chi connectivity index (χ4n) is 4.98. The van der Waals surface area contributed by atoms with Crippen LogP contribution in [0.4, 0.5) is 11.5 Å². The van der Waals surface area contributed by atoms with E-state index < -0.39 is 0 Å². The highest BCUT2D eigenvalue weighted by atomic mass is 16.5. The van der Waals surface area contributed by atoms with Crippen molar-refractivity contribution in [1.82, 2.24) is 14.9 Å². The summed E-state index contributed by atoms with van der Waals surface area (Å²) in [6.07, 6.45) is 0. The van der Waals surface area contributed by atoms with Crippen molar-refractivity contribution >= 4 is 11.5 Å². The van der Waals surface area contributed by atoms with Crippen molar-refractivity contribution in [2.45, 2.75) is 12.8 Å². The number of hydrogen-bond acceptors (Lipinski definition) is 10. The van der Waals surface area contributed by atoms with Gasteiger partial charge in [0, 0.05) is 56.5 Å². The minimum absolute atomic E-state index is 0.166. The Morgan fingerprint density at radius 3 is 2.66 bits per heavy atom. The molecule has 0 bridgehead atoms. The van der Waals surface area contributed by atoms with Crippen molar-refractivity contribution in [2.24, 2.45) is 5.73 Å². The van der Waals surface area contributed by atoms with E-state index in [2.05, 4.69) is 31.2 Å². The molecule has 0 saturated carbocycles. The Kier molecular flexibility index (Phi) is 7.31. The number of nitrogens with zero attached hydrogens (tertiary/aromatic N) is 5. The summed E-state index contributed by atoms with van der Waals surface area (Å²) in [5.74, 6) is 3.16. The number of aliphatic hydroxyl groups is 1. The number of fused-ring (bicyclic) bond motifs is 1. The number of anilines is 2. The molecule has 38 heavy (non-hydrogen) atoms. The maximum absolute atomic E-state index is 9.88. The van der Waals surface area contributed by atoms with Crippen LogP contribution in [0.1, 0.15) is 22.9 Å². The third-order valence-electron chi connectivity index (χ3n) is 6.87. The lowest BCUT2D eigenvalue weighted by Gasteiger charge is -2.35. The zero-order chi connectivity index (χ0) is 26.6. The van der Waals surface area contributed by atoms with Crippen molar-refractivity contribution in [3.05, 3.63) is 76.9 Å². The summed E-state index contributed by atoms with van der Waals surface area (Å²) in [5, 5.41) is 22.2. The number of rotatable bonds is 7. The summed E-state index contributed by atoms with van der Waals surface area (Å²) in [6.45, 7) is 6.06. The van der Waals surface area contributed by atoms with Crippen molar-refractivity contribution in [2.75, 3.05) is 56.7 Å². The number of methoxy groups -OCH3 is 1. The number of aromatic nitrogens is 2. The number of nitrogens with two attached hydrogens (primary N) is 1. The zero-order valence-corrected chi connectivity index (χ0v) is 21.5. The van der Waals surface area contributed by atoms with Gasteiger partial charge in [-0.25, -0.2) is 4.98 Å². The predicted molar refractivity (Wildman–Crippen MR) is 144 cm³/mol. The number of benzene rings is 2. The lowest BCUT2D eigenvalue weighted by molar-refractivity contribution is 0.188. The Morgan fingerprint density at radius 2 is 1.92 bits per heavy atom. The minimum atomic E-state index is -0.335. The van der Waals surface area contributed by atoms with Gasteiger partial charge in [-0.2, -0.15) is 10.2 Å². The second-order valence-corrected chi connectivity index (χ2v) is 9.29. The molecule has 2 aliphatic rings. The molecule has 1 unspecified atom stereocenters. The number of allylic oxidation sites excluding steroid dienone is 1. The largest absolute Gasteiger partial charge is 0.497 e. The first-order valence-corrected chi connectivity index (χ1v) is 12.6. The molecule has 0 radical (unpaired) electrons. The van der Waals surface area contributed by atoms with Gasteiger partial charge in [0.15, 0.2) is 0 Å². The van der Waals surface area contributed by atoms with Crippen LogP contribution in [0.5, 0.6) is 17.4 Å². The molecular weight excluding hydrogens is 482 g/mol. The van der Waals surface area contributed by atoms with Crippen LogP contribution in [-0.4, -0.2) is 66.4 Å². The maximum Gasteiger partial charge on any atom is 0.224 e. The van der Waals surface area contributed by atoms with Gasteiger partial charge in [-0.1, -0.05) is 18.2 Å². The Morgan fingerprint density at radius 1 is 1.11 bits per heavy atom. The molecule has 10 heteroatoms. The normalized spacial score (nSPS) is 17.4. The number of ether oxygens (including phenoxy) is 2. The zero-order valence-electron chi connectivity index (χ0n) is 21.5. The van der Waals surface area contributed by atoms with Gasteiger partial charge < -0.3 is 30.5 Å². The van der Waals surface area contributed by atoms with Crippen molar-refractivity contribution in [3.8, 4) is 23.4 Å². The second-order valence-electron chi connectivity index (χ2n) is 9.29. The number of nitrogens with one attached hydrogen (secondary N) is 1. The molecule has 196 valence electrons. The van der Waals surface area contributed by atoms with Crippen LogP contribution in [-0.2, 0) is 0 Å². The van der Waals surface area contributed by atoms with Crippen molar-refractivity contribution in [1.29, 1.82) is 5.26 Å². The van der Waals surface area contributed by atoms with Gasteiger partial charge in [-0.15, -0.1) is 0 Å². The SMILES string of the molecule is COc1cccc(C2C(C#N)=C(N)Nc3cc(Oc4cc(N5CCN(CCO)CC5)nc(C)n4)ccc32)c1. The van der Waals surface area contributed by atoms with E-state index in [1.54, 1.807) is 7.11 Å². The average molecular weight is 514 g/mol. The van der Waals surface area contributed by atoms with Gasteiger partial charge in [0.25, 0.3) is 0 Å². The van der Waals surface area contributed by atoms with Gasteiger partial charge in [0.05, 0.1) is 25.4 Å². The number of aliphatic hydroxyl groups excluding tert-OH is 1. The predicted octanol–water partition coefficient (Wildman–Crippen LogP) is 2.95. The number of aryl methyl sites for hydroxylation is 1. The highest BCUT2D eigenvalue weighted by Gasteiger charge is 2.29. The Bertz CT molecular complexity index is 1390. The molecule has 10 nitrogen and oxygen atoms in total. The molecule has 2 aliphatic heterocycles. The molecule has 1 saturated heterocycles. The van der Waals surface area contributed by atoms with Crippen LogP contribution in [0.25, 0.3) is 0 Å². The quantitative estimate of drug-likeness (QED) is 0.433. The van der Waals surface area contributed by atoms with Gasteiger partial charge in [-0.3, -0.25) is 4.90 Å². The first-order chi connectivity index (χ1) is 18.5. The van der Waals surface area contributed by atoms with E-state index in [1.165, 1.54) is 0 Å². The van der Waals surface area contributed by atoms with Crippen molar-refractivity contribution < 1.29 is 14.6 Å². The molecule has 0 spiro atoms. The third kappa shape index (κ3) is 5.20. The number of nitriles is 1. The molecule has 5 rings (SSSR count). The molecule has 0 aliphatic carbocycles. The summed E-state index contributed by atoms with van der Waals surface area (Å²) in [7, 11) is 1.62. The van der Waals surface area contributed by atoms with Gasteiger partial charge >= 0.3 is 0 Å². The molecular formula is C28H31N7O3. The van der Waals surface area contributed by atoms with Crippen LogP contribution in [0.3, 0.4) is 0 Å². The fraction of sp³-hybridized carbons (Fsp3) is 0.321. The molecule has 1 atom stereocenters. The number of hydrogen-bond donors (Lipinski definition) is 3. The first kappa shape index (κ1) is 25.3. The minimum Gasteiger partial charge on any atom is -0.497 e. The van der Waals surface area contributed by atoms with Crippen LogP contribution in [0.2, 0.25) is 0 Å². The molecule has 3 aromatic rings. The lowest BCUT2D eigenvalue weighted by atomic mass is 9.82. The average Bonchev–Trinajstić information content (AvgIpc) is 2.92. The number of piperazine rings is 1. The highest BCUT2D eigenvalue weighted by Crippen LogP contribution is 2.43. The fourth-order valence-corrected chi connectivity index (χ4v) is 4.98. The highest BCUT2D eigenvalue weighted by molar-refractivity contribution is 5.69. The van der Waals surface area contributed by atoms with E-state index in [9.17, 15) is 10.4 Å². The van der Waals surface area contributed by atoms with Gasteiger partial charge in [0.1, 0.15) is 29.0 Å². The number of β-amino-alcohol motifs (C(OH)–C–C–N with tert-alkyl or cyclic N) is 1. The standard InChI is InChI=1S/C28H31N7O3/c1-18-31-25(35-10-8-34(9-11-35)12-13-36)16-26(32-18)38-21-6-7-22-24(15-21)33-28(30)23(17-29)27(22)19-4-3-5-20(14-19)37-2/h3-7,14-16,27,33,36H,8-13,30H2,1-2H3. The molecule has 1 fully saturated rings.